The normalized spacial score (nSPS) is 12.5. The predicted molar refractivity (Wildman–Crippen MR) is 50.1 cm³/mol. The second-order valence-electron chi connectivity index (χ2n) is 3.24. The van der Waals surface area contributed by atoms with Gasteiger partial charge >= 0.3 is 5.69 Å². The van der Waals surface area contributed by atoms with Crippen molar-refractivity contribution in [2.75, 3.05) is 0 Å². The molecule has 1 rings (SSSR count). The van der Waals surface area contributed by atoms with Crippen LogP contribution in [0.3, 0.4) is 0 Å². The number of nitro groups is 1. The summed E-state index contributed by atoms with van der Waals surface area (Å²) in [5.74, 6) is -1.41. The molecule has 0 saturated carbocycles. The number of nitro benzene ring substituents is 1. The highest BCUT2D eigenvalue weighted by atomic mass is 19.1. The van der Waals surface area contributed by atoms with E-state index in [0.29, 0.717) is 6.07 Å². The van der Waals surface area contributed by atoms with Crippen molar-refractivity contribution in [1.29, 1.82) is 0 Å². The molecule has 0 spiro atoms. The molecule has 0 radical (unpaired) electrons. The molecule has 0 aliphatic heterocycles. The van der Waals surface area contributed by atoms with Crippen LogP contribution in [-0.4, -0.2) is 21.2 Å². The summed E-state index contributed by atoms with van der Waals surface area (Å²) in [4.78, 5) is 9.56. The number of nitrogens with zero attached hydrogens (tertiary/aromatic N) is 1. The van der Waals surface area contributed by atoms with Gasteiger partial charge in [-0.15, -0.1) is 0 Å². The number of rotatable bonds is 3. The molecule has 0 aliphatic rings. The standard InChI is InChI=1S/C9H10FNO4/c1-5(12)2-6-3-7(10)4-8(9(6)13)11(14)15/h3-5,12-13H,2H2,1H3. The molecule has 6 heteroatoms. The average Bonchev–Trinajstić information content (AvgIpc) is 2.09. The predicted octanol–water partition coefficient (Wildman–Crippen LogP) is 1.36. The Morgan fingerprint density at radius 2 is 2.20 bits per heavy atom. The van der Waals surface area contributed by atoms with E-state index in [0.717, 1.165) is 6.07 Å². The van der Waals surface area contributed by atoms with Crippen LogP contribution in [0.4, 0.5) is 10.1 Å². The van der Waals surface area contributed by atoms with Crippen LogP contribution >= 0.6 is 0 Å². The van der Waals surface area contributed by atoms with Gasteiger partial charge in [0.25, 0.3) is 0 Å². The summed E-state index contributed by atoms with van der Waals surface area (Å²) < 4.78 is 12.9. The van der Waals surface area contributed by atoms with Gasteiger partial charge in [-0.25, -0.2) is 4.39 Å². The molecule has 1 aromatic carbocycles. The lowest BCUT2D eigenvalue weighted by Crippen LogP contribution is -2.05. The highest BCUT2D eigenvalue weighted by molar-refractivity contribution is 5.51. The monoisotopic (exact) mass is 215 g/mol. The number of aliphatic hydroxyl groups excluding tert-OH is 1. The van der Waals surface area contributed by atoms with E-state index in [1.807, 2.05) is 0 Å². The molecule has 0 aliphatic carbocycles. The van der Waals surface area contributed by atoms with Gasteiger partial charge in [-0.1, -0.05) is 0 Å². The van der Waals surface area contributed by atoms with Crippen molar-refractivity contribution in [1.82, 2.24) is 0 Å². The van der Waals surface area contributed by atoms with Crippen LogP contribution in [0.5, 0.6) is 5.75 Å². The Labute approximate surface area is 84.9 Å². The Balaban J connectivity index is 3.22. The molecule has 0 aromatic heterocycles. The number of aliphatic hydroxyl groups is 1. The third-order valence-corrected chi connectivity index (χ3v) is 1.85. The maximum absolute atomic E-state index is 12.9. The molecule has 1 aromatic rings. The lowest BCUT2D eigenvalue weighted by molar-refractivity contribution is -0.386. The highest BCUT2D eigenvalue weighted by Crippen LogP contribution is 2.31. The van der Waals surface area contributed by atoms with Gasteiger partial charge in [0, 0.05) is 12.0 Å². The summed E-state index contributed by atoms with van der Waals surface area (Å²) in [6.07, 6.45) is -0.845. The van der Waals surface area contributed by atoms with Gasteiger partial charge in [-0.2, -0.15) is 0 Å². The van der Waals surface area contributed by atoms with Gasteiger partial charge in [0.1, 0.15) is 5.82 Å². The van der Waals surface area contributed by atoms with Crippen molar-refractivity contribution in [3.05, 3.63) is 33.6 Å². The molecular formula is C9H10FNO4. The molecule has 0 amide bonds. The molecule has 0 bridgehead atoms. The molecule has 1 unspecified atom stereocenters. The maximum atomic E-state index is 12.9. The zero-order valence-corrected chi connectivity index (χ0v) is 7.98. The number of halogens is 1. The molecular weight excluding hydrogens is 205 g/mol. The van der Waals surface area contributed by atoms with Crippen molar-refractivity contribution in [3.63, 3.8) is 0 Å². The minimum absolute atomic E-state index is 0.0247. The molecule has 1 atom stereocenters. The number of benzene rings is 1. The van der Waals surface area contributed by atoms with E-state index in [1.165, 1.54) is 6.92 Å². The number of phenolic OH excluding ortho intramolecular Hbond substituents is 1. The summed E-state index contributed by atoms with van der Waals surface area (Å²) >= 11 is 0. The fourth-order valence-electron chi connectivity index (χ4n) is 1.25. The van der Waals surface area contributed by atoms with E-state index in [-0.39, 0.29) is 12.0 Å². The van der Waals surface area contributed by atoms with Crippen LogP contribution in [0, 0.1) is 15.9 Å². The number of hydrogen-bond acceptors (Lipinski definition) is 4. The lowest BCUT2D eigenvalue weighted by Gasteiger charge is -2.07. The topological polar surface area (TPSA) is 83.6 Å². The van der Waals surface area contributed by atoms with Crippen LogP contribution in [0.25, 0.3) is 0 Å². The zero-order valence-electron chi connectivity index (χ0n) is 7.98. The Kier molecular flexibility index (Phi) is 3.21. The maximum Gasteiger partial charge on any atom is 0.313 e. The number of phenols is 1. The quantitative estimate of drug-likeness (QED) is 0.589. The Hall–Kier alpha value is -1.69. The van der Waals surface area contributed by atoms with E-state index in [9.17, 15) is 19.6 Å². The second kappa shape index (κ2) is 4.22. The van der Waals surface area contributed by atoms with Gasteiger partial charge in [0.2, 0.25) is 0 Å². The van der Waals surface area contributed by atoms with E-state index in [4.69, 9.17) is 5.11 Å². The van der Waals surface area contributed by atoms with E-state index in [2.05, 4.69) is 0 Å². The van der Waals surface area contributed by atoms with Gasteiger partial charge in [-0.05, 0) is 13.0 Å². The van der Waals surface area contributed by atoms with Gasteiger partial charge in [0.05, 0.1) is 17.1 Å². The fourth-order valence-corrected chi connectivity index (χ4v) is 1.25. The first-order chi connectivity index (χ1) is 6.91. The molecule has 5 nitrogen and oxygen atoms in total. The van der Waals surface area contributed by atoms with Crippen molar-refractivity contribution < 1.29 is 19.5 Å². The largest absolute Gasteiger partial charge is 0.502 e. The first kappa shape index (κ1) is 11.4. The van der Waals surface area contributed by atoms with E-state index < -0.39 is 28.3 Å². The first-order valence-corrected chi connectivity index (χ1v) is 4.25. The summed E-state index contributed by atoms with van der Waals surface area (Å²) in [5, 5.41) is 28.9. The van der Waals surface area contributed by atoms with Crippen LogP contribution in [-0.2, 0) is 6.42 Å². The minimum Gasteiger partial charge on any atom is -0.502 e. The second-order valence-corrected chi connectivity index (χ2v) is 3.24. The van der Waals surface area contributed by atoms with Crippen LogP contribution in [0.2, 0.25) is 0 Å². The summed E-state index contributed by atoms with van der Waals surface area (Å²) in [6, 6.07) is 1.61. The average molecular weight is 215 g/mol. The summed E-state index contributed by atoms with van der Waals surface area (Å²) in [5.41, 5.74) is -0.664. The number of hydrogen-bond donors (Lipinski definition) is 2. The smallest absolute Gasteiger partial charge is 0.313 e. The Morgan fingerprint density at radius 1 is 1.60 bits per heavy atom. The van der Waals surface area contributed by atoms with Crippen LogP contribution < -0.4 is 0 Å². The molecule has 15 heavy (non-hydrogen) atoms. The van der Waals surface area contributed by atoms with Crippen molar-refractivity contribution in [2.24, 2.45) is 0 Å². The summed E-state index contributed by atoms with van der Waals surface area (Å²) in [6.45, 7) is 1.44. The third-order valence-electron chi connectivity index (χ3n) is 1.85. The molecule has 0 fully saturated rings. The molecule has 0 heterocycles. The first-order valence-electron chi connectivity index (χ1n) is 4.25. The summed E-state index contributed by atoms with van der Waals surface area (Å²) in [7, 11) is 0. The fraction of sp³-hybridized carbons (Fsp3) is 0.333. The van der Waals surface area contributed by atoms with Crippen molar-refractivity contribution in [3.8, 4) is 5.75 Å². The molecule has 82 valence electrons. The van der Waals surface area contributed by atoms with Crippen LogP contribution in [0.15, 0.2) is 12.1 Å². The van der Waals surface area contributed by atoms with Gasteiger partial charge in [-0.3, -0.25) is 10.1 Å². The number of aromatic hydroxyl groups is 1. The van der Waals surface area contributed by atoms with Gasteiger partial charge < -0.3 is 10.2 Å². The van der Waals surface area contributed by atoms with Crippen LogP contribution in [0.1, 0.15) is 12.5 Å². The third kappa shape index (κ3) is 2.63. The zero-order chi connectivity index (χ0) is 11.6. The van der Waals surface area contributed by atoms with E-state index >= 15 is 0 Å². The van der Waals surface area contributed by atoms with Gasteiger partial charge in [0.15, 0.2) is 5.75 Å². The Bertz CT molecular complexity index is 392. The minimum atomic E-state index is -0.871. The highest BCUT2D eigenvalue weighted by Gasteiger charge is 2.19. The van der Waals surface area contributed by atoms with E-state index in [1.54, 1.807) is 0 Å². The van der Waals surface area contributed by atoms with Crippen molar-refractivity contribution >= 4 is 5.69 Å². The molecule has 2 N–H and O–H groups in total. The molecule has 0 saturated heterocycles. The Morgan fingerprint density at radius 3 is 2.67 bits per heavy atom. The van der Waals surface area contributed by atoms with Crippen molar-refractivity contribution in [2.45, 2.75) is 19.4 Å². The lowest BCUT2D eigenvalue weighted by atomic mass is 10.1. The SMILES string of the molecule is CC(O)Cc1cc(F)cc([N+](=O)[O-])c1O.